The number of nitrogens with zero attached hydrogens (tertiary/aromatic N) is 3. The maximum atomic E-state index is 12.5. The molecule has 3 unspecified atom stereocenters. The van der Waals surface area contributed by atoms with Gasteiger partial charge in [0.2, 0.25) is 5.04 Å². The molecule has 0 aromatic heterocycles. The lowest BCUT2D eigenvalue weighted by molar-refractivity contribution is -0.384. The first-order valence-corrected chi connectivity index (χ1v) is 10.5. The molecule has 150 valence electrons. The molecule has 1 aromatic carbocycles. The molecule has 4 rings (SSSR count). The van der Waals surface area contributed by atoms with Crippen molar-refractivity contribution in [3.8, 4) is 0 Å². The maximum Gasteiger partial charge on any atom is 0.365 e. The number of thioether (sulfide) groups is 1. The first-order valence-electron chi connectivity index (χ1n) is 9.66. The van der Waals surface area contributed by atoms with Crippen LogP contribution < -0.4 is 5.01 Å². The zero-order valence-corrected chi connectivity index (χ0v) is 17.4. The summed E-state index contributed by atoms with van der Waals surface area (Å²) in [5, 5.41) is 18.0. The van der Waals surface area contributed by atoms with Crippen molar-refractivity contribution in [2.24, 2.45) is 21.8 Å². The van der Waals surface area contributed by atoms with Crippen molar-refractivity contribution in [2.45, 2.75) is 51.8 Å². The number of carbonyl (C=O) groups is 1. The molecule has 8 heteroatoms. The second-order valence-electron chi connectivity index (χ2n) is 8.59. The van der Waals surface area contributed by atoms with Crippen molar-refractivity contribution in [3.63, 3.8) is 0 Å². The summed E-state index contributed by atoms with van der Waals surface area (Å²) in [7, 11) is 0. The largest absolute Gasteiger partial charge is 0.461 e. The number of ether oxygens (including phenoxy) is 1. The van der Waals surface area contributed by atoms with Crippen LogP contribution in [0.1, 0.15) is 47.0 Å². The number of hydrazone groups is 1. The smallest absolute Gasteiger partial charge is 0.365 e. The van der Waals surface area contributed by atoms with E-state index >= 15 is 0 Å². The minimum Gasteiger partial charge on any atom is -0.461 e. The molecule has 7 nitrogen and oxygen atoms in total. The van der Waals surface area contributed by atoms with Crippen molar-refractivity contribution in [1.82, 2.24) is 0 Å². The van der Waals surface area contributed by atoms with Gasteiger partial charge in [0.05, 0.1) is 17.2 Å². The second-order valence-corrected chi connectivity index (χ2v) is 9.86. The first-order chi connectivity index (χ1) is 13.2. The van der Waals surface area contributed by atoms with Gasteiger partial charge in [0.15, 0.2) is 0 Å². The Kier molecular flexibility index (Phi) is 4.26. The van der Waals surface area contributed by atoms with Crippen molar-refractivity contribution >= 4 is 34.1 Å². The number of esters is 1. The van der Waals surface area contributed by atoms with E-state index in [2.05, 4.69) is 25.9 Å². The predicted molar refractivity (Wildman–Crippen MR) is 109 cm³/mol. The van der Waals surface area contributed by atoms with Gasteiger partial charge in [-0.15, -0.1) is 0 Å². The summed E-state index contributed by atoms with van der Waals surface area (Å²) in [5.41, 5.74) is 0.855. The van der Waals surface area contributed by atoms with Crippen LogP contribution in [0.5, 0.6) is 0 Å². The van der Waals surface area contributed by atoms with Gasteiger partial charge in [-0.05, 0) is 49.7 Å². The summed E-state index contributed by atoms with van der Waals surface area (Å²) in [6.07, 6.45) is 3.16. The van der Waals surface area contributed by atoms with Crippen LogP contribution in [0, 0.1) is 26.9 Å². The lowest BCUT2D eigenvalue weighted by Gasteiger charge is -2.49. The average molecular weight is 404 g/mol. The highest BCUT2D eigenvalue weighted by Gasteiger charge is 2.73. The van der Waals surface area contributed by atoms with Gasteiger partial charge in [-0.2, -0.15) is 5.10 Å². The molecule has 3 atom stereocenters. The number of nitro groups is 1. The van der Waals surface area contributed by atoms with Gasteiger partial charge >= 0.3 is 5.97 Å². The third-order valence-electron chi connectivity index (χ3n) is 7.37. The van der Waals surface area contributed by atoms with E-state index in [0.717, 1.165) is 18.5 Å². The molecular weight excluding hydrogens is 378 g/mol. The number of fused-ring (bicyclic) bond motifs is 3. The Bertz CT molecular complexity index is 869. The normalized spacial score (nSPS) is 32.6. The Morgan fingerprint density at radius 1 is 1.36 bits per heavy atom. The Morgan fingerprint density at radius 3 is 2.54 bits per heavy atom. The van der Waals surface area contributed by atoms with Gasteiger partial charge in [-0.25, -0.2) is 9.80 Å². The summed E-state index contributed by atoms with van der Waals surface area (Å²) in [6.45, 7) is 9.01. The van der Waals surface area contributed by atoms with Crippen LogP contribution in [0.3, 0.4) is 0 Å². The molecule has 1 aromatic rings. The van der Waals surface area contributed by atoms with Gasteiger partial charge in [-0.1, -0.05) is 32.5 Å². The van der Waals surface area contributed by atoms with Crippen molar-refractivity contribution in [2.75, 3.05) is 11.6 Å². The molecule has 2 aliphatic carbocycles. The van der Waals surface area contributed by atoms with Crippen LogP contribution in [0.4, 0.5) is 11.4 Å². The van der Waals surface area contributed by atoms with E-state index in [4.69, 9.17) is 4.74 Å². The van der Waals surface area contributed by atoms with Crippen LogP contribution in [0.2, 0.25) is 0 Å². The Labute approximate surface area is 168 Å². The van der Waals surface area contributed by atoms with Crippen LogP contribution in [0.15, 0.2) is 29.4 Å². The Balaban J connectivity index is 1.80. The van der Waals surface area contributed by atoms with Crippen molar-refractivity contribution in [3.05, 3.63) is 34.4 Å². The van der Waals surface area contributed by atoms with E-state index in [1.165, 1.54) is 30.3 Å². The number of carbonyl (C=O) groups excluding carboxylic acids is 1. The summed E-state index contributed by atoms with van der Waals surface area (Å²) in [4.78, 5) is 22.7. The Hall–Kier alpha value is -2.09. The van der Waals surface area contributed by atoms with Crippen molar-refractivity contribution in [1.29, 1.82) is 0 Å². The van der Waals surface area contributed by atoms with Gasteiger partial charge in [0.25, 0.3) is 5.69 Å². The molecule has 0 saturated heterocycles. The third-order valence-corrected chi connectivity index (χ3v) is 8.94. The average Bonchev–Trinajstić information content (AvgIpc) is 3.19. The molecule has 3 aliphatic rings. The fourth-order valence-electron chi connectivity index (χ4n) is 5.34. The van der Waals surface area contributed by atoms with Crippen LogP contribution in [0.25, 0.3) is 0 Å². The van der Waals surface area contributed by atoms with Crippen LogP contribution in [-0.4, -0.2) is 27.4 Å². The molecule has 2 saturated carbocycles. The zero-order valence-electron chi connectivity index (χ0n) is 16.6. The van der Waals surface area contributed by atoms with Gasteiger partial charge in [0.1, 0.15) is 4.87 Å². The van der Waals surface area contributed by atoms with Gasteiger partial charge in [-0.3, -0.25) is 10.1 Å². The summed E-state index contributed by atoms with van der Waals surface area (Å²) in [5.74, 6) is 0.141. The number of benzene rings is 1. The molecule has 2 fully saturated rings. The highest BCUT2D eigenvalue weighted by atomic mass is 32.2. The topological polar surface area (TPSA) is 85.0 Å². The fourth-order valence-corrected chi connectivity index (χ4v) is 7.03. The summed E-state index contributed by atoms with van der Waals surface area (Å²) >= 11 is 1.51. The van der Waals surface area contributed by atoms with Crippen molar-refractivity contribution < 1.29 is 14.5 Å². The number of hydrogen-bond donors (Lipinski definition) is 0. The Morgan fingerprint density at radius 2 is 2.04 bits per heavy atom. The van der Waals surface area contributed by atoms with E-state index in [0.29, 0.717) is 17.6 Å². The minimum absolute atomic E-state index is 0.0405. The van der Waals surface area contributed by atoms with Gasteiger partial charge < -0.3 is 4.74 Å². The van der Waals surface area contributed by atoms with E-state index in [9.17, 15) is 14.9 Å². The molecule has 0 N–H and O–H groups in total. The standard InChI is InChI=1S/C20H25N3O4S/c1-5-27-17(24)16-21-22(14-6-8-15(9-7-14)23(25)26)20(28-16)12-13-10-11-19(20,4)18(13,2)3/h6-9,13H,5,10-12H2,1-4H3. The third kappa shape index (κ3) is 2.36. The molecule has 2 bridgehead atoms. The maximum absolute atomic E-state index is 12.5. The van der Waals surface area contributed by atoms with Crippen LogP contribution >= 0.6 is 11.8 Å². The van der Waals surface area contributed by atoms with E-state index in [1.54, 1.807) is 19.1 Å². The lowest BCUT2D eigenvalue weighted by atomic mass is 9.68. The monoisotopic (exact) mass is 403 g/mol. The molecule has 1 heterocycles. The molecule has 28 heavy (non-hydrogen) atoms. The van der Waals surface area contributed by atoms with E-state index in [-0.39, 0.29) is 16.5 Å². The fraction of sp³-hybridized carbons (Fsp3) is 0.600. The van der Waals surface area contributed by atoms with E-state index in [1.807, 2.05) is 5.01 Å². The quantitative estimate of drug-likeness (QED) is 0.416. The molecule has 1 spiro atoms. The highest BCUT2D eigenvalue weighted by molar-refractivity contribution is 8.17. The molecular formula is C20H25N3O4S. The molecule has 0 amide bonds. The zero-order chi connectivity index (χ0) is 20.3. The SMILES string of the molecule is CCOC(=O)C1=NN(c2ccc([N+](=O)[O-])cc2)C2(CC3CCC2(C)C3(C)C)S1. The molecule has 1 aliphatic heterocycles. The predicted octanol–water partition coefficient (Wildman–Crippen LogP) is 4.57. The molecule has 0 radical (unpaired) electrons. The number of rotatable bonds is 4. The lowest BCUT2D eigenvalue weighted by Crippen LogP contribution is -2.53. The number of hydrogen-bond acceptors (Lipinski definition) is 7. The van der Waals surface area contributed by atoms with E-state index < -0.39 is 15.8 Å². The van der Waals surface area contributed by atoms with Gasteiger partial charge in [0, 0.05) is 17.5 Å². The van der Waals surface area contributed by atoms with Crippen LogP contribution in [-0.2, 0) is 9.53 Å². The number of non-ortho nitro benzene ring substituents is 1. The highest BCUT2D eigenvalue weighted by Crippen LogP contribution is 2.75. The first kappa shape index (κ1) is 19.2. The second kappa shape index (κ2) is 6.20. The summed E-state index contributed by atoms with van der Waals surface area (Å²) < 4.78 is 5.22. The minimum atomic E-state index is -0.409. The number of anilines is 1. The number of nitro benzene ring substituents is 1. The summed E-state index contributed by atoms with van der Waals surface area (Å²) in [6, 6.07) is 6.43.